The molecule has 8 nitrogen and oxygen atoms in total. The van der Waals surface area contributed by atoms with Gasteiger partial charge in [-0.05, 0) is 44.2 Å². The summed E-state index contributed by atoms with van der Waals surface area (Å²) >= 11 is 0. The third-order valence-corrected chi connectivity index (χ3v) is 6.02. The van der Waals surface area contributed by atoms with E-state index in [1.165, 1.54) is 0 Å². The fourth-order valence-electron chi connectivity index (χ4n) is 4.25. The lowest BCUT2D eigenvalue weighted by Gasteiger charge is -2.28. The first kappa shape index (κ1) is 19.7. The van der Waals surface area contributed by atoms with Crippen LogP contribution in [0, 0.1) is 0 Å². The summed E-state index contributed by atoms with van der Waals surface area (Å²) in [6, 6.07) is 7.97. The zero-order valence-electron chi connectivity index (χ0n) is 17.5. The molecule has 3 heterocycles. The van der Waals surface area contributed by atoms with Crippen LogP contribution in [0.3, 0.4) is 0 Å². The normalized spacial score (nSPS) is 19.3. The lowest BCUT2D eigenvalue weighted by Crippen LogP contribution is -2.36. The summed E-state index contributed by atoms with van der Waals surface area (Å²) in [5.41, 5.74) is 1.08. The van der Waals surface area contributed by atoms with Gasteiger partial charge in [0.15, 0.2) is 5.82 Å². The molecule has 1 amide bonds. The minimum absolute atomic E-state index is 0.0541. The summed E-state index contributed by atoms with van der Waals surface area (Å²) in [4.78, 5) is 19.4. The van der Waals surface area contributed by atoms with Crippen LogP contribution in [-0.4, -0.2) is 71.3 Å². The molecule has 0 N–H and O–H groups in total. The summed E-state index contributed by atoms with van der Waals surface area (Å²) in [6.07, 6.45) is 2.48. The number of ether oxygens (including phenoxy) is 1. The molecule has 1 unspecified atom stereocenters. The summed E-state index contributed by atoms with van der Waals surface area (Å²) in [6.45, 7) is 4.19. The molecule has 0 radical (unpaired) electrons. The topological polar surface area (TPSA) is 66.7 Å². The van der Waals surface area contributed by atoms with Gasteiger partial charge >= 0.3 is 0 Å². The number of likely N-dealkylation sites (N-methyl/N-ethyl adjacent to an activating group) is 1. The van der Waals surface area contributed by atoms with E-state index in [9.17, 15) is 4.79 Å². The molecule has 1 aromatic heterocycles. The van der Waals surface area contributed by atoms with Gasteiger partial charge in [-0.3, -0.25) is 9.69 Å². The van der Waals surface area contributed by atoms with E-state index < -0.39 is 0 Å². The number of carbonyl (C=O) groups excluding carboxylic acids is 1. The van der Waals surface area contributed by atoms with Gasteiger partial charge in [0, 0.05) is 45.3 Å². The van der Waals surface area contributed by atoms with Crippen LogP contribution >= 0.6 is 0 Å². The Kier molecular flexibility index (Phi) is 5.71. The van der Waals surface area contributed by atoms with E-state index in [-0.39, 0.29) is 11.9 Å². The van der Waals surface area contributed by atoms with Crippen LogP contribution in [0.1, 0.15) is 37.0 Å². The standard InChI is InChI=1S/C21H30N6O2/c1-24-13-14-27-19(15-24)22-23-21(27)18-5-4-11-26(18)20(28)10-12-25(2)16-6-8-17(29-3)9-7-16/h6-9,18H,4-5,10-15H2,1-3H3. The number of nitrogens with zero attached hydrogens (tertiary/aromatic N) is 6. The van der Waals surface area contributed by atoms with Crippen molar-refractivity contribution in [3.05, 3.63) is 35.9 Å². The minimum atomic E-state index is 0.0541. The van der Waals surface area contributed by atoms with Gasteiger partial charge < -0.3 is 19.1 Å². The molecule has 2 aliphatic rings. The zero-order valence-corrected chi connectivity index (χ0v) is 17.5. The molecule has 4 rings (SSSR count). The number of carbonyl (C=O) groups is 1. The lowest BCUT2D eigenvalue weighted by molar-refractivity contribution is -0.132. The Balaban J connectivity index is 1.39. The van der Waals surface area contributed by atoms with Crippen molar-refractivity contribution in [2.24, 2.45) is 0 Å². The Bertz CT molecular complexity index is 849. The molecule has 2 aliphatic heterocycles. The first-order valence-electron chi connectivity index (χ1n) is 10.3. The average molecular weight is 399 g/mol. The van der Waals surface area contributed by atoms with E-state index in [1.807, 2.05) is 36.2 Å². The zero-order chi connectivity index (χ0) is 20.4. The number of anilines is 1. The van der Waals surface area contributed by atoms with Gasteiger partial charge in [-0.2, -0.15) is 0 Å². The van der Waals surface area contributed by atoms with Crippen molar-refractivity contribution in [2.45, 2.75) is 38.4 Å². The van der Waals surface area contributed by atoms with Crippen molar-refractivity contribution in [3.8, 4) is 5.75 Å². The summed E-state index contributed by atoms with van der Waals surface area (Å²) in [7, 11) is 5.78. The number of methoxy groups -OCH3 is 1. The van der Waals surface area contributed by atoms with E-state index in [4.69, 9.17) is 4.74 Å². The quantitative estimate of drug-likeness (QED) is 0.741. The summed E-state index contributed by atoms with van der Waals surface area (Å²) in [5, 5.41) is 8.86. The van der Waals surface area contributed by atoms with Crippen molar-refractivity contribution in [3.63, 3.8) is 0 Å². The predicted octanol–water partition coefficient (Wildman–Crippen LogP) is 1.92. The molecule has 156 valence electrons. The maximum atomic E-state index is 13.0. The van der Waals surface area contributed by atoms with E-state index in [0.717, 1.165) is 62.1 Å². The molecule has 2 aromatic rings. The van der Waals surface area contributed by atoms with E-state index in [1.54, 1.807) is 7.11 Å². The van der Waals surface area contributed by atoms with Crippen molar-refractivity contribution in [2.75, 3.05) is 45.7 Å². The smallest absolute Gasteiger partial charge is 0.224 e. The number of fused-ring (bicyclic) bond motifs is 1. The van der Waals surface area contributed by atoms with Gasteiger partial charge in [0.1, 0.15) is 11.6 Å². The van der Waals surface area contributed by atoms with E-state index >= 15 is 0 Å². The van der Waals surface area contributed by atoms with Gasteiger partial charge in [-0.1, -0.05) is 0 Å². The van der Waals surface area contributed by atoms with Crippen LogP contribution in [0.15, 0.2) is 24.3 Å². The molecule has 1 atom stereocenters. The van der Waals surface area contributed by atoms with Crippen LogP contribution in [0.4, 0.5) is 5.69 Å². The summed E-state index contributed by atoms with van der Waals surface area (Å²) in [5.74, 6) is 2.99. The number of amides is 1. The lowest BCUT2D eigenvalue weighted by atomic mass is 10.2. The second-order valence-corrected chi connectivity index (χ2v) is 7.98. The first-order valence-corrected chi connectivity index (χ1v) is 10.3. The Morgan fingerprint density at radius 1 is 1.21 bits per heavy atom. The molecular weight excluding hydrogens is 368 g/mol. The first-order chi connectivity index (χ1) is 14.1. The molecule has 0 aliphatic carbocycles. The summed E-state index contributed by atoms with van der Waals surface area (Å²) < 4.78 is 7.43. The molecule has 1 fully saturated rings. The Morgan fingerprint density at radius 3 is 2.76 bits per heavy atom. The molecule has 8 heteroatoms. The van der Waals surface area contributed by atoms with Crippen molar-refractivity contribution in [1.29, 1.82) is 0 Å². The van der Waals surface area contributed by atoms with Crippen LogP contribution < -0.4 is 9.64 Å². The van der Waals surface area contributed by atoms with Crippen LogP contribution in [0.25, 0.3) is 0 Å². The highest BCUT2D eigenvalue weighted by atomic mass is 16.5. The third kappa shape index (κ3) is 4.07. The molecule has 0 spiro atoms. The largest absolute Gasteiger partial charge is 0.497 e. The highest BCUT2D eigenvalue weighted by molar-refractivity contribution is 5.77. The average Bonchev–Trinajstić information content (AvgIpc) is 3.38. The molecule has 0 bridgehead atoms. The molecule has 1 aromatic carbocycles. The van der Waals surface area contributed by atoms with Crippen molar-refractivity contribution in [1.82, 2.24) is 24.6 Å². The maximum absolute atomic E-state index is 13.0. The highest BCUT2D eigenvalue weighted by Gasteiger charge is 2.34. The Labute approximate surface area is 172 Å². The maximum Gasteiger partial charge on any atom is 0.224 e. The second-order valence-electron chi connectivity index (χ2n) is 7.98. The number of likely N-dealkylation sites (tertiary alicyclic amines) is 1. The third-order valence-electron chi connectivity index (χ3n) is 6.02. The Morgan fingerprint density at radius 2 is 2.00 bits per heavy atom. The second kappa shape index (κ2) is 8.41. The fourth-order valence-corrected chi connectivity index (χ4v) is 4.25. The van der Waals surface area contributed by atoms with Gasteiger partial charge in [0.25, 0.3) is 0 Å². The van der Waals surface area contributed by atoms with Gasteiger partial charge in [0.2, 0.25) is 5.91 Å². The molecule has 29 heavy (non-hydrogen) atoms. The number of rotatable bonds is 6. The SMILES string of the molecule is COc1ccc(N(C)CCC(=O)N2CCCC2c2nnc3n2CCN(C)C3)cc1. The fraction of sp³-hybridized carbons (Fsp3) is 0.571. The predicted molar refractivity (Wildman–Crippen MR) is 111 cm³/mol. The number of benzene rings is 1. The van der Waals surface area contributed by atoms with E-state index in [2.05, 4.69) is 31.6 Å². The number of hydrogen-bond acceptors (Lipinski definition) is 6. The van der Waals surface area contributed by atoms with Crippen LogP contribution in [0.2, 0.25) is 0 Å². The van der Waals surface area contributed by atoms with Crippen molar-refractivity contribution >= 4 is 11.6 Å². The van der Waals surface area contributed by atoms with Crippen LogP contribution in [0.5, 0.6) is 5.75 Å². The van der Waals surface area contributed by atoms with Gasteiger partial charge in [0.05, 0.1) is 19.7 Å². The van der Waals surface area contributed by atoms with Crippen LogP contribution in [-0.2, 0) is 17.9 Å². The monoisotopic (exact) mass is 398 g/mol. The Hall–Kier alpha value is -2.61. The minimum Gasteiger partial charge on any atom is -0.497 e. The van der Waals surface area contributed by atoms with Gasteiger partial charge in [-0.15, -0.1) is 10.2 Å². The van der Waals surface area contributed by atoms with E-state index in [0.29, 0.717) is 13.0 Å². The number of hydrogen-bond donors (Lipinski definition) is 0. The number of aromatic nitrogens is 3. The van der Waals surface area contributed by atoms with Gasteiger partial charge in [-0.25, -0.2) is 0 Å². The molecular formula is C21H30N6O2. The molecule has 0 saturated carbocycles. The van der Waals surface area contributed by atoms with Crippen molar-refractivity contribution < 1.29 is 9.53 Å². The molecule has 1 saturated heterocycles. The highest BCUT2D eigenvalue weighted by Crippen LogP contribution is 2.32.